The second-order valence-electron chi connectivity index (χ2n) is 7.90. The highest BCUT2D eigenvalue weighted by molar-refractivity contribution is 7.92. The Balaban J connectivity index is 1.77. The highest BCUT2D eigenvalue weighted by atomic mass is 32.2. The summed E-state index contributed by atoms with van der Waals surface area (Å²) in [6.45, 7) is 4.84. The molecule has 0 fully saturated rings. The second-order valence-corrected chi connectivity index (χ2v) is 9.58. The number of aryl methyl sites for hydroxylation is 3. The molecule has 0 spiro atoms. The topological polar surface area (TPSA) is 102 Å². The fourth-order valence-electron chi connectivity index (χ4n) is 3.91. The van der Waals surface area contributed by atoms with E-state index in [0.29, 0.717) is 29.7 Å². The van der Waals surface area contributed by atoms with Crippen LogP contribution < -0.4 is 4.72 Å². The predicted octanol–water partition coefficient (Wildman–Crippen LogP) is 3.17. The average Bonchev–Trinajstić information content (AvgIpc) is 3.34. The molecule has 0 aliphatic carbocycles. The largest absolute Gasteiger partial charge is 0.337 e. The molecule has 9 nitrogen and oxygen atoms in total. The van der Waals surface area contributed by atoms with E-state index in [-0.39, 0.29) is 16.5 Å². The molecule has 1 N–H and O–H groups in total. The zero-order valence-corrected chi connectivity index (χ0v) is 19.8. The van der Waals surface area contributed by atoms with Crippen LogP contribution in [0.2, 0.25) is 0 Å². The van der Waals surface area contributed by atoms with Gasteiger partial charge in [0, 0.05) is 38.9 Å². The molecule has 4 aromatic rings. The molecule has 0 saturated carbocycles. The van der Waals surface area contributed by atoms with Crippen LogP contribution >= 0.6 is 0 Å². The van der Waals surface area contributed by atoms with Crippen molar-refractivity contribution in [3.63, 3.8) is 0 Å². The molecule has 4 rings (SSSR count). The van der Waals surface area contributed by atoms with Crippen molar-refractivity contribution in [1.82, 2.24) is 24.2 Å². The minimum absolute atomic E-state index is 0.141. The van der Waals surface area contributed by atoms with Crippen molar-refractivity contribution in [3.8, 4) is 0 Å². The summed E-state index contributed by atoms with van der Waals surface area (Å²) in [4.78, 5) is 19.8. The summed E-state index contributed by atoms with van der Waals surface area (Å²) in [6.07, 6.45) is 3.56. The lowest BCUT2D eigenvalue weighted by Crippen LogP contribution is -2.27. The first-order valence-electron chi connectivity index (χ1n) is 10.5. The van der Waals surface area contributed by atoms with Gasteiger partial charge in [-0.3, -0.25) is 14.2 Å². The third-order valence-corrected chi connectivity index (χ3v) is 6.81. The zero-order valence-electron chi connectivity index (χ0n) is 19.0. The summed E-state index contributed by atoms with van der Waals surface area (Å²) in [5, 5.41) is 4.15. The Kier molecular flexibility index (Phi) is 5.94. The van der Waals surface area contributed by atoms with Gasteiger partial charge in [0.2, 0.25) is 0 Å². The molecule has 0 aliphatic rings. The average molecular weight is 467 g/mol. The van der Waals surface area contributed by atoms with Crippen LogP contribution in [-0.4, -0.2) is 45.6 Å². The van der Waals surface area contributed by atoms with Gasteiger partial charge in [-0.15, -0.1) is 0 Å². The number of carbonyl (C=O) groups excluding carboxylic acids is 1. The number of rotatable bonds is 7. The molecular weight excluding hydrogens is 440 g/mol. The molecule has 2 aromatic heterocycles. The Bertz CT molecular complexity index is 1420. The molecule has 0 saturated heterocycles. The van der Waals surface area contributed by atoms with E-state index in [1.807, 2.05) is 31.7 Å². The molecule has 2 aromatic carbocycles. The highest BCUT2D eigenvalue weighted by Gasteiger charge is 2.23. The number of nitrogens with one attached hydrogen (secondary N) is 1. The quantitative estimate of drug-likeness (QED) is 0.451. The molecule has 0 radical (unpaired) electrons. The third-order valence-electron chi connectivity index (χ3n) is 5.41. The van der Waals surface area contributed by atoms with Crippen LogP contribution in [0.1, 0.15) is 28.7 Å². The van der Waals surface area contributed by atoms with Gasteiger partial charge in [-0.25, -0.2) is 13.4 Å². The molecular formula is C23H26N6O3S. The van der Waals surface area contributed by atoms with Gasteiger partial charge in [-0.1, -0.05) is 18.2 Å². The molecule has 0 atom stereocenters. The molecule has 0 unspecified atom stereocenters. The number of sulfonamides is 1. The fourth-order valence-corrected chi connectivity index (χ4v) is 4.97. The first kappa shape index (κ1) is 22.5. The fraction of sp³-hybridized carbons (Fsp3) is 0.261. The number of carbonyl (C=O) groups is 1. The molecule has 33 heavy (non-hydrogen) atoms. The normalized spacial score (nSPS) is 11.6. The summed E-state index contributed by atoms with van der Waals surface area (Å²) in [6, 6.07) is 11.3. The lowest BCUT2D eigenvalue weighted by atomic mass is 10.1. The standard InChI is InChI=1S/C23H26N6O3S/c1-5-29-16(2)25-21-12-18(26-33(31,32)19-9-7-6-8-10-19)11-20(22(21)29)23(30)27(3)14-17-13-24-28(4)15-17/h6-13,15,26H,5,14H2,1-4H3. The summed E-state index contributed by atoms with van der Waals surface area (Å²) in [5.41, 5.74) is 2.80. The minimum atomic E-state index is -3.82. The molecule has 10 heteroatoms. The van der Waals surface area contributed by atoms with Crippen LogP contribution in [0, 0.1) is 6.92 Å². The van der Waals surface area contributed by atoms with E-state index < -0.39 is 10.0 Å². The maximum Gasteiger partial charge on any atom is 0.261 e. The number of benzene rings is 2. The smallest absolute Gasteiger partial charge is 0.261 e. The highest BCUT2D eigenvalue weighted by Crippen LogP contribution is 2.28. The van der Waals surface area contributed by atoms with Crippen molar-refractivity contribution in [1.29, 1.82) is 0 Å². The SMILES string of the molecule is CCn1c(C)nc2cc(NS(=O)(=O)c3ccccc3)cc(C(=O)N(C)Cc3cnn(C)c3)c21. The number of hydrogen-bond donors (Lipinski definition) is 1. The Morgan fingerprint density at radius 1 is 1.18 bits per heavy atom. The van der Waals surface area contributed by atoms with Crippen molar-refractivity contribution in [3.05, 3.63) is 71.8 Å². The van der Waals surface area contributed by atoms with Crippen LogP contribution in [0.3, 0.4) is 0 Å². The van der Waals surface area contributed by atoms with Crippen molar-refractivity contribution in [2.45, 2.75) is 31.8 Å². The number of fused-ring (bicyclic) bond motifs is 1. The third kappa shape index (κ3) is 4.47. The Morgan fingerprint density at radius 3 is 2.55 bits per heavy atom. The number of hydrogen-bond acceptors (Lipinski definition) is 5. The second kappa shape index (κ2) is 8.70. The molecule has 0 aliphatic heterocycles. The first-order chi connectivity index (χ1) is 15.7. The van der Waals surface area contributed by atoms with Crippen LogP contribution in [0.5, 0.6) is 0 Å². The molecule has 0 bridgehead atoms. The van der Waals surface area contributed by atoms with E-state index in [2.05, 4.69) is 14.8 Å². The van der Waals surface area contributed by atoms with E-state index in [1.165, 1.54) is 12.1 Å². The number of anilines is 1. The molecule has 172 valence electrons. The van der Waals surface area contributed by atoms with E-state index in [9.17, 15) is 13.2 Å². The summed E-state index contributed by atoms with van der Waals surface area (Å²) >= 11 is 0. The van der Waals surface area contributed by atoms with E-state index in [0.717, 1.165) is 11.4 Å². The minimum Gasteiger partial charge on any atom is -0.337 e. The van der Waals surface area contributed by atoms with E-state index in [4.69, 9.17) is 0 Å². The van der Waals surface area contributed by atoms with E-state index >= 15 is 0 Å². The molecule has 1 amide bonds. The number of imidazole rings is 1. The van der Waals surface area contributed by atoms with Gasteiger partial charge in [-0.05, 0) is 38.1 Å². The number of nitrogens with zero attached hydrogens (tertiary/aromatic N) is 5. The van der Waals surface area contributed by atoms with Crippen molar-refractivity contribution < 1.29 is 13.2 Å². The maximum atomic E-state index is 13.5. The summed E-state index contributed by atoms with van der Waals surface area (Å²) < 4.78 is 32.0. The summed E-state index contributed by atoms with van der Waals surface area (Å²) in [7, 11) is -0.291. The lowest BCUT2D eigenvalue weighted by Gasteiger charge is -2.19. The van der Waals surface area contributed by atoms with Crippen LogP contribution in [0.25, 0.3) is 11.0 Å². The van der Waals surface area contributed by atoms with Gasteiger partial charge < -0.3 is 9.47 Å². The lowest BCUT2D eigenvalue weighted by molar-refractivity contribution is 0.0786. The van der Waals surface area contributed by atoms with Gasteiger partial charge in [0.05, 0.1) is 33.4 Å². The number of aromatic nitrogens is 4. The van der Waals surface area contributed by atoms with Crippen LogP contribution in [0.4, 0.5) is 5.69 Å². The molecule has 2 heterocycles. The number of amides is 1. The Morgan fingerprint density at radius 2 is 1.91 bits per heavy atom. The first-order valence-corrected chi connectivity index (χ1v) is 12.0. The maximum absolute atomic E-state index is 13.5. The Hall–Kier alpha value is -3.66. The zero-order chi connectivity index (χ0) is 23.8. The van der Waals surface area contributed by atoms with E-state index in [1.54, 1.807) is 53.2 Å². The van der Waals surface area contributed by atoms with Crippen LogP contribution in [-0.2, 0) is 30.2 Å². The van der Waals surface area contributed by atoms with Crippen molar-refractivity contribution in [2.24, 2.45) is 7.05 Å². The van der Waals surface area contributed by atoms with Gasteiger partial charge >= 0.3 is 0 Å². The van der Waals surface area contributed by atoms with Gasteiger partial charge in [-0.2, -0.15) is 5.10 Å². The Labute approximate surface area is 192 Å². The van der Waals surface area contributed by atoms with Crippen molar-refractivity contribution >= 4 is 32.7 Å². The van der Waals surface area contributed by atoms with Crippen molar-refractivity contribution in [2.75, 3.05) is 11.8 Å². The monoisotopic (exact) mass is 466 g/mol. The summed E-state index contributed by atoms with van der Waals surface area (Å²) in [5.74, 6) is 0.513. The predicted molar refractivity (Wildman–Crippen MR) is 126 cm³/mol. The van der Waals surface area contributed by atoms with Crippen LogP contribution in [0.15, 0.2) is 59.8 Å². The van der Waals surface area contributed by atoms with Gasteiger partial charge in [0.25, 0.3) is 15.9 Å². The van der Waals surface area contributed by atoms with Gasteiger partial charge in [0.15, 0.2) is 0 Å². The van der Waals surface area contributed by atoms with Gasteiger partial charge in [0.1, 0.15) is 5.82 Å².